The third-order valence-corrected chi connectivity index (χ3v) is 2.88. The molecule has 0 aromatic heterocycles. The van der Waals surface area contributed by atoms with E-state index in [9.17, 15) is 8.78 Å². The van der Waals surface area contributed by atoms with Gasteiger partial charge in [-0.25, -0.2) is 8.78 Å². The highest BCUT2D eigenvalue weighted by molar-refractivity contribution is 4.80. The topological polar surface area (TPSA) is 52.0 Å². The first kappa shape index (κ1) is 12.2. The second-order valence-corrected chi connectivity index (χ2v) is 4.03. The van der Waals surface area contributed by atoms with Crippen molar-refractivity contribution in [1.29, 1.82) is 0 Å². The Balaban J connectivity index is 2.27. The van der Waals surface area contributed by atoms with Crippen molar-refractivity contribution in [2.24, 2.45) is 11.0 Å². The number of halogens is 2. The Morgan fingerprint density at radius 3 is 2.53 bits per heavy atom. The van der Waals surface area contributed by atoms with Crippen LogP contribution in [0, 0.1) is 5.92 Å². The molecule has 1 rings (SSSR count). The first-order valence-corrected chi connectivity index (χ1v) is 5.15. The van der Waals surface area contributed by atoms with E-state index in [0.717, 1.165) is 6.92 Å². The molecular weight excluding hydrogens is 202 g/mol. The quantitative estimate of drug-likeness (QED) is 0.406. The summed E-state index contributed by atoms with van der Waals surface area (Å²) < 4.78 is 25.9. The van der Waals surface area contributed by atoms with Gasteiger partial charge in [-0.2, -0.15) is 0 Å². The third-order valence-electron chi connectivity index (χ3n) is 2.88. The Bertz CT molecular complexity index is 237. The number of alkyl halides is 2. The molecule has 15 heavy (non-hydrogen) atoms. The maximum atomic E-state index is 13.0. The van der Waals surface area contributed by atoms with E-state index in [2.05, 4.69) is 14.9 Å². The van der Waals surface area contributed by atoms with Crippen molar-refractivity contribution in [2.45, 2.75) is 25.7 Å². The lowest BCUT2D eigenvalue weighted by molar-refractivity contribution is -0.0616. The van der Waals surface area contributed by atoms with E-state index in [1.54, 1.807) is 0 Å². The van der Waals surface area contributed by atoms with E-state index in [-0.39, 0.29) is 0 Å². The number of nitrogens with zero attached hydrogens (tertiary/aromatic N) is 4. The van der Waals surface area contributed by atoms with Gasteiger partial charge in [0.05, 0.1) is 0 Å². The van der Waals surface area contributed by atoms with Crippen LogP contribution in [-0.4, -0.2) is 37.0 Å². The summed E-state index contributed by atoms with van der Waals surface area (Å²) in [5.41, 5.74) is 8.09. The van der Waals surface area contributed by atoms with Crippen molar-refractivity contribution in [3.63, 3.8) is 0 Å². The van der Waals surface area contributed by atoms with Gasteiger partial charge in [0.2, 0.25) is 5.92 Å². The number of rotatable bonds is 4. The molecule has 86 valence electrons. The van der Waals surface area contributed by atoms with Crippen LogP contribution in [0.3, 0.4) is 0 Å². The van der Waals surface area contributed by atoms with Gasteiger partial charge in [-0.1, -0.05) is 5.11 Å². The molecule has 0 amide bonds. The molecule has 0 spiro atoms. The number of piperidine rings is 1. The fourth-order valence-electron chi connectivity index (χ4n) is 1.89. The summed E-state index contributed by atoms with van der Waals surface area (Å²) in [6, 6.07) is 0. The number of hydrogen-bond donors (Lipinski definition) is 0. The van der Waals surface area contributed by atoms with Gasteiger partial charge in [-0.15, -0.1) is 0 Å². The molecule has 0 N–H and O–H groups in total. The molecule has 0 unspecified atom stereocenters. The molecule has 0 radical (unpaired) electrons. The van der Waals surface area contributed by atoms with Gasteiger partial charge < -0.3 is 4.90 Å². The van der Waals surface area contributed by atoms with Crippen LogP contribution in [0.1, 0.15) is 19.8 Å². The number of likely N-dealkylation sites (tertiary alicyclic amines) is 1. The molecule has 1 fully saturated rings. The summed E-state index contributed by atoms with van der Waals surface area (Å²) in [5.74, 6) is -3.05. The minimum atomic E-state index is -2.56. The molecule has 0 saturated carbocycles. The Morgan fingerprint density at radius 1 is 1.47 bits per heavy atom. The Kier molecular flexibility index (Phi) is 4.29. The first-order valence-electron chi connectivity index (χ1n) is 5.15. The zero-order chi connectivity index (χ0) is 11.3. The van der Waals surface area contributed by atoms with Gasteiger partial charge in [-0.3, -0.25) is 0 Å². The fourth-order valence-corrected chi connectivity index (χ4v) is 1.89. The van der Waals surface area contributed by atoms with Gasteiger partial charge in [-0.05, 0) is 38.4 Å². The Morgan fingerprint density at radius 2 is 2.07 bits per heavy atom. The molecule has 0 bridgehead atoms. The highest BCUT2D eigenvalue weighted by Gasteiger charge is 2.35. The van der Waals surface area contributed by atoms with Crippen LogP contribution in [-0.2, 0) is 0 Å². The van der Waals surface area contributed by atoms with Crippen LogP contribution in [0.5, 0.6) is 0 Å². The molecule has 0 aliphatic carbocycles. The fraction of sp³-hybridized carbons (Fsp3) is 1.00. The number of hydrogen-bond acceptors (Lipinski definition) is 2. The van der Waals surface area contributed by atoms with Crippen molar-refractivity contribution in [1.82, 2.24) is 4.90 Å². The van der Waals surface area contributed by atoms with E-state index in [4.69, 9.17) is 5.53 Å². The van der Waals surface area contributed by atoms with Crippen LogP contribution < -0.4 is 0 Å². The van der Waals surface area contributed by atoms with Crippen LogP contribution >= 0.6 is 0 Å². The van der Waals surface area contributed by atoms with Crippen LogP contribution in [0.2, 0.25) is 0 Å². The highest BCUT2D eigenvalue weighted by Crippen LogP contribution is 2.32. The van der Waals surface area contributed by atoms with E-state index >= 15 is 0 Å². The zero-order valence-corrected chi connectivity index (χ0v) is 8.86. The van der Waals surface area contributed by atoms with Crippen molar-refractivity contribution < 1.29 is 8.78 Å². The van der Waals surface area contributed by atoms with Crippen molar-refractivity contribution >= 4 is 0 Å². The van der Waals surface area contributed by atoms with E-state index in [1.807, 2.05) is 0 Å². The van der Waals surface area contributed by atoms with Gasteiger partial charge in [0.1, 0.15) is 0 Å². The maximum Gasteiger partial charge on any atom is 0.248 e. The number of azide groups is 1. The lowest BCUT2D eigenvalue weighted by Crippen LogP contribution is -2.40. The molecule has 1 saturated heterocycles. The average Bonchev–Trinajstić information content (AvgIpc) is 2.18. The average molecular weight is 218 g/mol. The standard InChI is InChI=1S/C9H16F2N4/c1-9(10,11)8-2-5-15(6-3-8)7-4-13-14-12/h8H,2-7H2,1H3. The molecule has 1 heterocycles. The summed E-state index contributed by atoms with van der Waals surface area (Å²) in [4.78, 5) is 4.72. The summed E-state index contributed by atoms with van der Waals surface area (Å²) in [6.07, 6.45) is 1.06. The summed E-state index contributed by atoms with van der Waals surface area (Å²) in [5, 5.41) is 3.42. The van der Waals surface area contributed by atoms with Crippen molar-refractivity contribution in [3.05, 3.63) is 10.4 Å². The molecule has 6 heteroatoms. The highest BCUT2D eigenvalue weighted by atomic mass is 19.3. The lowest BCUT2D eigenvalue weighted by Gasteiger charge is -2.34. The third kappa shape index (κ3) is 4.01. The molecule has 0 atom stereocenters. The lowest BCUT2D eigenvalue weighted by atomic mass is 9.91. The Hall–Kier alpha value is -0.870. The Labute approximate surface area is 87.9 Å². The minimum Gasteiger partial charge on any atom is -0.303 e. The maximum absolute atomic E-state index is 13.0. The van der Waals surface area contributed by atoms with E-state index < -0.39 is 11.8 Å². The van der Waals surface area contributed by atoms with Crippen molar-refractivity contribution in [3.8, 4) is 0 Å². The molecular formula is C9H16F2N4. The zero-order valence-electron chi connectivity index (χ0n) is 8.86. The van der Waals surface area contributed by atoms with Gasteiger partial charge >= 0.3 is 0 Å². The minimum absolute atomic E-state index is 0.420. The smallest absolute Gasteiger partial charge is 0.248 e. The van der Waals surface area contributed by atoms with Crippen LogP contribution in [0.25, 0.3) is 10.4 Å². The SMILES string of the molecule is CC(F)(F)C1CCN(CCN=[N+]=[N-])CC1. The molecule has 1 aliphatic rings. The van der Waals surface area contributed by atoms with E-state index in [1.165, 1.54) is 0 Å². The normalized spacial score (nSPS) is 19.9. The molecule has 1 aliphatic heterocycles. The van der Waals surface area contributed by atoms with Crippen LogP contribution in [0.15, 0.2) is 5.11 Å². The van der Waals surface area contributed by atoms with Gasteiger partial charge in [0.25, 0.3) is 0 Å². The molecule has 0 aromatic rings. The largest absolute Gasteiger partial charge is 0.303 e. The molecule has 4 nitrogen and oxygen atoms in total. The predicted octanol–water partition coefficient (Wildman–Crippen LogP) is 2.66. The van der Waals surface area contributed by atoms with Crippen molar-refractivity contribution in [2.75, 3.05) is 26.2 Å². The second kappa shape index (κ2) is 5.28. The second-order valence-electron chi connectivity index (χ2n) is 4.03. The predicted molar refractivity (Wildman–Crippen MR) is 53.8 cm³/mol. The van der Waals surface area contributed by atoms with Gasteiger partial charge in [0, 0.05) is 23.9 Å². The summed E-state index contributed by atoms with van der Waals surface area (Å²) in [6.45, 7) is 3.44. The van der Waals surface area contributed by atoms with Crippen LogP contribution in [0.4, 0.5) is 8.78 Å². The summed E-state index contributed by atoms with van der Waals surface area (Å²) in [7, 11) is 0. The monoisotopic (exact) mass is 218 g/mol. The van der Waals surface area contributed by atoms with E-state index in [0.29, 0.717) is 39.0 Å². The summed E-state index contributed by atoms with van der Waals surface area (Å²) >= 11 is 0. The van der Waals surface area contributed by atoms with Gasteiger partial charge in [0.15, 0.2) is 0 Å². The first-order chi connectivity index (χ1) is 7.04. The molecule has 0 aromatic carbocycles.